The summed E-state index contributed by atoms with van der Waals surface area (Å²) in [4.78, 5) is 13.0. The predicted molar refractivity (Wildman–Crippen MR) is 86.3 cm³/mol. The Labute approximate surface area is 133 Å². The van der Waals surface area contributed by atoms with Crippen LogP contribution < -0.4 is 0 Å². The lowest BCUT2D eigenvalue weighted by atomic mass is 9.47. The van der Waals surface area contributed by atoms with Crippen molar-refractivity contribution in [3.05, 3.63) is 23.8 Å². The SMILES string of the molecule is CC1=CC2(OCC(C)(C)CO2)[C@]2(C)CC=C[C@H](C)[C@]2(C)C1=O. The molecule has 0 unspecified atom stereocenters. The summed E-state index contributed by atoms with van der Waals surface area (Å²) in [6, 6.07) is 0. The summed E-state index contributed by atoms with van der Waals surface area (Å²) < 4.78 is 12.7. The van der Waals surface area contributed by atoms with Gasteiger partial charge in [0.1, 0.15) is 0 Å². The van der Waals surface area contributed by atoms with Crippen LogP contribution >= 0.6 is 0 Å². The van der Waals surface area contributed by atoms with Crippen molar-refractivity contribution in [3.8, 4) is 0 Å². The highest BCUT2D eigenvalue weighted by atomic mass is 16.7. The zero-order valence-corrected chi connectivity index (χ0v) is 14.7. The Hall–Kier alpha value is -0.930. The van der Waals surface area contributed by atoms with Crippen molar-refractivity contribution in [2.75, 3.05) is 13.2 Å². The van der Waals surface area contributed by atoms with Crippen molar-refractivity contribution in [2.24, 2.45) is 22.2 Å². The van der Waals surface area contributed by atoms with Crippen LogP contribution in [-0.4, -0.2) is 24.8 Å². The van der Waals surface area contributed by atoms with E-state index in [-0.39, 0.29) is 22.5 Å². The molecule has 1 heterocycles. The van der Waals surface area contributed by atoms with Crippen LogP contribution in [0.15, 0.2) is 23.8 Å². The fourth-order valence-electron chi connectivity index (χ4n) is 4.39. The summed E-state index contributed by atoms with van der Waals surface area (Å²) in [5.41, 5.74) is -0.109. The van der Waals surface area contributed by atoms with Gasteiger partial charge in [-0.25, -0.2) is 0 Å². The van der Waals surface area contributed by atoms with Gasteiger partial charge in [-0.1, -0.05) is 46.8 Å². The van der Waals surface area contributed by atoms with E-state index >= 15 is 0 Å². The van der Waals surface area contributed by atoms with Gasteiger partial charge in [-0.3, -0.25) is 4.79 Å². The number of carbonyl (C=O) groups is 1. The van der Waals surface area contributed by atoms with Crippen LogP contribution in [0.3, 0.4) is 0 Å². The van der Waals surface area contributed by atoms with E-state index in [1.807, 2.05) is 13.0 Å². The number of ether oxygens (including phenoxy) is 2. The number of hydrogen-bond acceptors (Lipinski definition) is 3. The van der Waals surface area contributed by atoms with Crippen molar-refractivity contribution in [3.63, 3.8) is 0 Å². The van der Waals surface area contributed by atoms with Gasteiger partial charge in [0.05, 0.1) is 13.2 Å². The lowest BCUT2D eigenvalue weighted by Crippen LogP contribution is -2.67. The maximum atomic E-state index is 13.0. The quantitative estimate of drug-likeness (QED) is 0.637. The van der Waals surface area contributed by atoms with Gasteiger partial charge in [0.2, 0.25) is 0 Å². The van der Waals surface area contributed by atoms with Crippen LogP contribution in [0.4, 0.5) is 0 Å². The van der Waals surface area contributed by atoms with Gasteiger partial charge < -0.3 is 9.47 Å². The zero-order chi connectivity index (χ0) is 16.4. The number of allylic oxidation sites excluding steroid dienone is 3. The van der Waals surface area contributed by atoms with E-state index in [2.05, 4.69) is 46.8 Å². The minimum Gasteiger partial charge on any atom is -0.345 e. The van der Waals surface area contributed by atoms with E-state index in [9.17, 15) is 4.79 Å². The predicted octanol–water partition coefficient (Wildman–Crippen LogP) is 3.89. The summed E-state index contributed by atoms with van der Waals surface area (Å²) in [6.07, 6.45) is 7.09. The minimum atomic E-state index is -0.797. The second-order valence-corrected chi connectivity index (χ2v) is 8.52. The lowest BCUT2D eigenvalue weighted by Gasteiger charge is -2.62. The van der Waals surface area contributed by atoms with Crippen LogP contribution in [0.5, 0.6) is 0 Å². The average molecular weight is 304 g/mol. The van der Waals surface area contributed by atoms with Crippen LogP contribution in [0.1, 0.15) is 48.0 Å². The minimum absolute atomic E-state index is 0.0112. The summed E-state index contributed by atoms with van der Waals surface area (Å²) in [6.45, 7) is 13.9. The first-order chi connectivity index (χ1) is 10.1. The molecule has 3 rings (SSSR count). The molecule has 0 saturated carbocycles. The standard InChI is InChI=1S/C19H28O3/c1-13-10-19(21-11-16(3,4)12-22-19)17(5)9-7-8-14(2)18(17,6)15(13)20/h7-8,10,14H,9,11-12H2,1-6H3/t14-,17+,18+/m0/s1. The van der Waals surface area contributed by atoms with Crippen molar-refractivity contribution in [1.29, 1.82) is 0 Å². The number of carbonyl (C=O) groups excluding carboxylic acids is 1. The Kier molecular flexibility index (Phi) is 3.29. The Balaban J connectivity index is 2.15. The monoisotopic (exact) mass is 304 g/mol. The molecule has 0 aromatic heterocycles. The Morgan fingerprint density at radius 1 is 1.14 bits per heavy atom. The first-order valence-electron chi connectivity index (χ1n) is 8.27. The lowest BCUT2D eigenvalue weighted by molar-refractivity contribution is -0.340. The number of hydrogen-bond donors (Lipinski definition) is 0. The molecule has 1 aliphatic heterocycles. The average Bonchev–Trinajstić information content (AvgIpc) is 2.45. The van der Waals surface area contributed by atoms with E-state index in [0.29, 0.717) is 13.2 Å². The molecule has 3 nitrogen and oxygen atoms in total. The van der Waals surface area contributed by atoms with Crippen molar-refractivity contribution < 1.29 is 14.3 Å². The Bertz CT molecular complexity index is 561. The summed E-state index contributed by atoms with van der Waals surface area (Å²) in [7, 11) is 0. The molecule has 0 bridgehead atoms. The van der Waals surface area contributed by atoms with Crippen LogP contribution in [0, 0.1) is 22.2 Å². The summed E-state index contributed by atoms with van der Waals surface area (Å²) in [5.74, 6) is -0.398. The summed E-state index contributed by atoms with van der Waals surface area (Å²) >= 11 is 0. The molecule has 0 aromatic carbocycles. The molecular formula is C19H28O3. The maximum Gasteiger partial charge on any atom is 0.195 e. The molecule has 3 heteroatoms. The van der Waals surface area contributed by atoms with Crippen LogP contribution in [0.25, 0.3) is 0 Å². The molecule has 22 heavy (non-hydrogen) atoms. The normalized spacial score (nSPS) is 42.9. The molecule has 1 saturated heterocycles. The number of ketones is 1. The third kappa shape index (κ3) is 1.78. The van der Waals surface area contributed by atoms with Crippen molar-refractivity contribution >= 4 is 5.78 Å². The molecule has 2 aliphatic carbocycles. The second kappa shape index (κ2) is 4.55. The van der Waals surface area contributed by atoms with Gasteiger partial charge in [0, 0.05) is 16.2 Å². The molecule has 0 aromatic rings. The smallest absolute Gasteiger partial charge is 0.195 e. The van der Waals surface area contributed by atoms with Gasteiger partial charge in [-0.05, 0) is 30.9 Å². The van der Waals surface area contributed by atoms with Gasteiger partial charge in [0.25, 0.3) is 0 Å². The maximum absolute atomic E-state index is 13.0. The topological polar surface area (TPSA) is 35.5 Å². The molecule has 1 spiro atoms. The van der Waals surface area contributed by atoms with E-state index in [1.165, 1.54) is 0 Å². The van der Waals surface area contributed by atoms with Crippen molar-refractivity contribution in [1.82, 2.24) is 0 Å². The molecular weight excluding hydrogens is 276 g/mol. The van der Waals surface area contributed by atoms with E-state index in [0.717, 1.165) is 12.0 Å². The largest absolute Gasteiger partial charge is 0.345 e. The first-order valence-corrected chi connectivity index (χ1v) is 8.27. The van der Waals surface area contributed by atoms with E-state index < -0.39 is 11.2 Å². The Morgan fingerprint density at radius 2 is 1.73 bits per heavy atom. The van der Waals surface area contributed by atoms with E-state index in [4.69, 9.17) is 9.47 Å². The number of fused-ring (bicyclic) bond motifs is 2. The fraction of sp³-hybridized carbons (Fsp3) is 0.737. The number of rotatable bonds is 0. The van der Waals surface area contributed by atoms with Gasteiger partial charge in [-0.2, -0.15) is 0 Å². The highest BCUT2D eigenvalue weighted by Gasteiger charge is 2.67. The third-order valence-corrected chi connectivity index (χ3v) is 6.37. The van der Waals surface area contributed by atoms with Gasteiger partial charge >= 0.3 is 0 Å². The molecule has 122 valence electrons. The van der Waals surface area contributed by atoms with Gasteiger partial charge in [-0.15, -0.1) is 0 Å². The molecule has 0 amide bonds. The second-order valence-electron chi connectivity index (χ2n) is 8.52. The summed E-state index contributed by atoms with van der Waals surface area (Å²) in [5, 5.41) is 0. The highest BCUT2D eigenvalue weighted by Crippen LogP contribution is 2.63. The van der Waals surface area contributed by atoms with Gasteiger partial charge in [0.15, 0.2) is 11.6 Å². The van der Waals surface area contributed by atoms with E-state index in [1.54, 1.807) is 0 Å². The van der Waals surface area contributed by atoms with Crippen LogP contribution in [0.2, 0.25) is 0 Å². The molecule has 1 fully saturated rings. The zero-order valence-electron chi connectivity index (χ0n) is 14.7. The Morgan fingerprint density at radius 3 is 2.32 bits per heavy atom. The molecule has 3 aliphatic rings. The highest BCUT2D eigenvalue weighted by molar-refractivity contribution is 6.01. The molecule has 0 N–H and O–H groups in total. The molecule has 3 atom stereocenters. The fourth-order valence-corrected chi connectivity index (χ4v) is 4.39. The first kappa shape index (κ1) is 15.9. The number of Topliss-reactive ketones (excluding diaryl/α,β-unsaturated/α-hetero) is 1. The molecule has 0 radical (unpaired) electrons. The van der Waals surface area contributed by atoms with Crippen LogP contribution in [-0.2, 0) is 14.3 Å². The third-order valence-electron chi connectivity index (χ3n) is 6.37. The van der Waals surface area contributed by atoms with Crippen molar-refractivity contribution in [2.45, 2.75) is 53.8 Å².